The van der Waals surface area contributed by atoms with Crippen molar-refractivity contribution < 1.29 is 9.53 Å². The molecule has 0 unspecified atom stereocenters. The van der Waals surface area contributed by atoms with Crippen LogP contribution < -0.4 is 0 Å². The first-order valence-electron chi connectivity index (χ1n) is 3.81. The Balaban J connectivity index is 2.87. The van der Waals surface area contributed by atoms with Gasteiger partial charge in [0.1, 0.15) is 4.60 Å². The van der Waals surface area contributed by atoms with Crippen molar-refractivity contribution in [3.8, 4) is 0 Å². The van der Waals surface area contributed by atoms with Crippen LogP contribution in [-0.4, -0.2) is 18.1 Å². The summed E-state index contributed by atoms with van der Waals surface area (Å²) in [5.74, 6) is -0.235. The molecule has 0 aromatic carbocycles. The van der Waals surface area contributed by atoms with Crippen LogP contribution in [0.5, 0.6) is 0 Å². The number of aryl methyl sites for hydroxylation is 1. The van der Waals surface area contributed by atoms with Crippen molar-refractivity contribution in [2.75, 3.05) is 7.11 Å². The normalized spacial score (nSPS) is 9.77. The van der Waals surface area contributed by atoms with E-state index in [4.69, 9.17) is 0 Å². The molecule has 0 saturated carbocycles. The molecular weight excluding hydrogens is 234 g/mol. The number of ether oxygens (including phenoxy) is 1. The molecule has 4 heteroatoms. The monoisotopic (exact) mass is 243 g/mol. The Labute approximate surface area is 85.3 Å². The second-order valence-electron chi connectivity index (χ2n) is 2.69. The summed E-state index contributed by atoms with van der Waals surface area (Å²) in [7, 11) is 1.38. The fourth-order valence-electron chi connectivity index (χ4n) is 0.954. The van der Waals surface area contributed by atoms with Gasteiger partial charge in [0, 0.05) is 6.20 Å². The second-order valence-corrected chi connectivity index (χ2v) is 3.50. The van der Waals surface area contributed by atoms with E-state index in [1.807, 2.05) is 13.0 Å². The predicted octanol–water partition coefficient (Wildman–Crippen LogP) is 1.87. The van der Waals surface area contributed by atoms with E-state index in [1.165, 1.54) is 7.11 Å². The lowest BCUT2D eigenvalue weighted by Gasteiger charge is -2.03. The minimum atomic E-state index is -0.235. The van der Waals surface area contributed by atoms with Crippen LogP contribution in [0.15, 0.2) is 16.9 Å². The first kappa shape index (κ1) is 10.2. The number of carbonyl (C=O) groups is 1. The summed E-state index contributed by atoms with van der Waals surface area (Å²) >= 11 is 3.24. The molecule has 0 bridgehead atoms. The van der Waals surface area contributed by atoms with Crippen LogP contribution >= 0.6 is 15.9 Å². The lowest BCUT2D eigenvalue weighted by atomic mass is 10.1. The summed E-state index contributed by atoms with van der Waals surface area (Å²) in [5.41, 5.74) is 1.93. The van der Waals surface area contributed by atoms with E-state index in [0.29, 0.717) is 6.42 Å². The Morgan fingerprint density at radius 2 is 2.38 bits per heavy atom. The number of rotatable bonds is 2. The first-order chi connectivity index (χ1) is 6.13. The summed E-state index contributed by atoms with van der Waals surface area (Å²) < 4.78 is 5.31. The Kier molecular flexibility index (Phi) is 3.42. The zero-order chi connectivity index (χ0) is 9.84. The quantitative estimate of drug-likeness (QED) is 0.588. The average Bonchev–Trinajstić information content (AvgIpc) is 2.11. The maximum atomic E-state index is 11.0. The van der Waals surface area contributed by atoms with Crippen molar-refractivity contribution in [3.05, 3.63) is 28.0 Å². The van der Waals surface area contributed by atoms with Gasteiger partial charge in [0.2, 0.25) is 0 Å². The molecule has 3 nitrogen and oxygen atoms in total. The molecule has 0 amide bonds. The molecule has 0 aliphatic heterocycles. The molecule has 0 saturated heterocycles. The van der Waals surface area contributed by atoms with E-state index >= 15 is 0 Å². The van der Waals surface area contributed by atoms with E-state index in [-0.39, 0.29) is 5.97 Å². The number of esters is 1. The summed E-state index contributed by atoms with van der Waals surface area (Å²) in [6.07, 6.45) is 2.02. The van der Waals surface area contributed by atoms with Crippen molar-refractivity contribution in [2.45, 2.75) is 13.3 Å². The van der Waals surface area contributed by atoms with Crippen LogP contribution in [0.25, 0.3) is 0 Å². The molecule has 0 fully saturated rings. The molecule has 1 aromatic rings. The zero-order valence-corrected chi connectivity index (χ0v) is 9.09. The maximum Gasteiger partial charge on any atom is 0.309 e. The largest absolute Gasteiger partial charge is 0.469 e. The Morgan fingerprint density at radius 3 is 3.00 bits per heavy atom. The number of nitrogens with zero attached hydrogens (tertiary/aromatic N) is 1. The highest BCUT2D eigenvalue weighted by atomic mass is 79.9. The number of halogens is 1. The van der Waals surface area contributed by atoms with Gasteiger partial charge in [-0.05, 0) is 40.0 Å². The summed E-state index contributed by atoms with van der Waals surface area (Å²) in [5, 5.41) is 0. The predicted molar refractivity (Wildman–Crippen MR) is 52.4 cm³/mol. The topological polar surface area (TPSA) is 39.2 Å². The Bertz CT molecular complexity index is 325. The third kappa shape index (κ3) is 2.81. The fourth-order valence-corrected chi connectivity index (χ4v) is 1.33. The van der Waals surface area contributed by atoms with Crippen molar-refractivity contribution >= 4 is 21.9 Å². The molecule has 0 atom stereocenters. The van der Waals surface area contributed by atoms with E-state index in [9.17, 15) is 4.79 Å². The lowest BCUT2D eigenvalue weighted by Crippen LogP contribution is -2.06. The van der Waals surface area contributed by atoms with E-state index < -0.39 is 0 Å². The Hall–Kier alpha value is -0.900. The van der Waals surface area contributed by atoms with Gasteiger partial charge in [0.25, 0.3) is 0 Å². The summed E-state index contributed by atoms with van der Waals surface area (Å²) in [4.78, 5) is 15.0. The van der Waals surface area contributed by atoms with Crippen LogP contribution in [0.4, 0.5) is 0 Å². The SMILES string of the molecule is COC(=O)Cc1cc(Br)ncc1C. The van der Waals surface area contributed by atoms with Crippen molar-refractivity contribution in [1.82, 2.24) is 4.98 Å². The number of methoxy groups -OCH3 is 1. The van der Waals surface area contributed by atoms with Gasteiger partial charge in [0.15, 0.2) is 0 Å². The minimum Gasteiger partial charge on any atom is -0.469 e. The van der Waals surface area contributed by atoms with Crippen LogP contribution in [0, 0.1) is 6.92 Å². The van der Waals surface area contributed by atoms with E-state index in [0.717, 1.165) is 15.7 Å². The van der Waals surface area contributed by atoms with Gasteiger partial charge >= 0.3 is 5.97 Å². The van der Waals surface area contributed by atoms with Crippen LogP contribution in [0.2, 0.25) is 0 Å². The van der Waals surface area contributed by atoms with Crippen molar-refractivity contribution in [2.24, 2.45) is 0 Å². The van der Waals surface area contributed by atoms with Gasteiger partial charge in [-0.15, -0.1) is 0 Å². The third-order valence-corrected chi connectivity index (χ3v) is 2.18. The smallest absolute Gasteiger partial charge is 0.309 e. The number of pyridine rings is 1. The molecule has 0 radical (unpaired) electrons. The summed E-state index contributed by atoms with van der Waals surface area (Å²) in [6, 6.07) is 1.83. The molecule has 1 heterocycles. The number of hydrogen-bond donors (Lipinski definition) is 0. The van der Waals surface area contributed by atoms with Crippen LogP contribution in [0.1, 0.15) is 11.1 Å². The minimum absolute atomic E-state index is 0.235. The van der Waals surface area contributed by atoms with Gasteiger partial charge in [-0.25, -0.2) is 4.98 Å². The maximum absolute atomic E-state index is 11.0. The van der Waals surface area contributed by atoms with Crippen molar-refractivity contribution in [3.63, 3.8) is 0 Å². The number of hydrogen-bond acceptors (Lipinski definition) is 3. The molecule has 0 spiro atoms. The number of carbonyl (C=O) groups excluding carboxylic acids is 1. The highest BCUT2D eigenvalue weighted by molar-refractivity contribution is 9.10. The van der Waals surface area contributed by atoms with Gasteiger partial charge in [0.05, 0.1) is 13.5 Å². The number of aromatic nitrogens is 1. The first-order valence-corrected chi connectivity index (χ1v) is 4.60. The molecule has 1 aromatic heterocycles. The Morgan fingerprint density at radius 1 is 1.69 bits per heavy atom. The zero-order valence-electron chi connectivity index (χ0n) is 7.50. The van der Waals surface area contributed by atoms with E-state index in [2.05, 4.69) is 25.7 Å². The molecule has 0 aliphatic carbocycles. The summed E-state index contributed by atoms with van der Waals surface area (Å²) in [6.45, 7) is 1.91. The molecule has 70 valence electrons. The van der Waals surface area contributed by atoms with Gasteiger partial charge in [-0.3, -0.25) is 4.79 Å². The highest BCUT2D eigenvalue weighted by Crippen LogP contribution is 2.13. The molecule has 13 heavy (non-hydrogen) atoms. The van der Waals surface area contributed by atoms with Crippen LogP contribution in [0.3, 0.4) is 0 Å². The van der Waals surface area contributed by atoms with E-state index in [1.54, 1.807) is 6.20 Å². The lowest BCUT2D eigenvalue weighted by molar-refractivity contribution is -0.139. The highest BCUT2D eigenvalue weighted by Gasteiger charge is 2.06. The molecule has 0 aliphatic rings. The standard InChI is InChI=1S/C9H10BrNO2/c1-6-5-11-8(10)3-7(6)4-9(12)13-2/h3,5H,4H2,1-2H3. The average molecular weight is 244 g/mol. The van der Waals surface area contributed by atoms with Gasteiger partial charge in [-0.1, -0.05) is 0 Å². The fraction of sp³-hybridized carbons (Fsp3) is 0.333. The molecule has 0 N–H and O–H groups in total. The molecular formula is C9H10BrNO2. The van der Waals surface area contributed by atoms with Gasteiger partial charge < -0.3 is 4.74 Å². The van der Waals surface area contributed by atoms with Crippen molar-refractivity contribution in [1.29, 1.82) is 0 Å². The van der Waals surface area contributed by atoms with Crippen LogP contribution in [-0.2, 0) is 16.0 Å². The molecule has 1 rings (SSSR count). The van der Waals surface area contributed by atoms with Gasteiger partial charge in [-0.2, -0.15) is 0 Å². The third-order valence-electron chi connectivity index (χ3n) is 1.74. The second kappa shape index (κ2) is 4.37.